The van der Waals surface area contributed by atoms with E-state index >= 15 is 0 Å². The van der Waals surface area contributed by atoms with Crippen LogP contribution in [-0.4, -0.2) is 55.1 Å². The number of hydrogen-bond donors (Lipinski definition) is 2. The van der Waals surface area contributed by atoms with Crippen LogP contribution in [0, 0.1) is 23.6 Å². The number of amides is 2. The molecule has 2 aliphatic heterocycles. The maximum Gasteiger partial charge on any atom is 0.234 e. The van der Waals surface area contributed by atoms with E-state index in [1.807, 2.05) is 20.8 Å². The molecule has 2 saturated heterocycles. The van der Waals surface area contributed by atoms with Gasteiger partial charge in [0, 0.05) is 35.8 Å². The molecule has 0 aliphatic carbocycles. The van der Waals surface area contributed by atoms with Crippen molar-refractivity contribution in [2.75, 3.05) is 38.2 Å². The number of piperidine rings is 1. The fraction of sp³-hybridized carbons (Fsp3) is 0.619. The highest BCUT2D eigenvalue weighted by molar-refractivity contribution is 6.30. The zero-order valence-electron chi connectivity index (χ0n) is 17.1. The maximum absolute atomic E-state index is 13.5. The molecular formula is C21H29ClFN3O3. The summed E-state index contributed by atoms with van der Waals surface area (Å²) in [5.41, 5.74) is 0.101. The van der Waals surface area contributed by atoms with Gasteiger partial charge in [0.15, 0.2) is 0 Å². The van der Waals surface area contributed by atoms with Crippen LogP contribution < -0.4 is 10.6 Å². The van der Waals surface area contributed by atoms with Crippen LogP contribution in [0.5, 0.6) is 0 Å². The summed E-state index contributed by atoms with van der Waals surface area (Å²) in [5, 5.41) is 5.98. The van der Waals surface area contributed by atoms with E-state index in [0.717, 1.165) is 13.1 Å². The zero-order chi connectivity index (χ0) is 21.2. The van der Waals surface area contributed by atoms with Gasteiger partial charge in [0.25, 0.3) is 0 Å². The van der Waals surface area contributed by atoms with Crippen molar-refractivity contribution in [3.8, 4) is 0 Å². The lowest BCUT2D eigenvalue weighted by Gasteiger charge is -2.46. The Morgan fingerprint density at radius 2 is 1.83 bits per heavy atom. The Hall–Kier alpha value is -1.70. The van der Waals surface area contributed by atoms with Gasteiger partial charge in [-0.25, -0.2) is 4.39 Å². The summed E-state index contributed by atoms with van der Waals surface area (Å²) in [6, 6.07) is 3.98. The molecule has 2 bridgehead atoms. The number of benzene rings is 1. The second-order valence-electron chi connectivity index (χ2n) is 9.12. The van der Waals surface area contributed by atoms with Crippen LogP contribution in [0.2, 0.25) is 5.02 Å². The van der Waals surface area contributed by atoms with Gasteiger partial charge in [-0.1, -0.05) is 11.6 Å². The molecule has 2 aliphatic rings. The first-order valence-corrected chi connectivity index (χ1v) is 10.3. The smallest absolute Gasteiger partial charge is 0.234 e. The van der Waals surface area contributed by atoms with Crippen LogP contribution in [0.1, 0.15) is 27.2 Å². The monoisotopic (exact) mass is 425 g/mol. The van der Waals surface area contributed by atoms with Crippen molar-refractivity contribution in [2.45, 2.75) is 32.7 Å². The molecule has 2 N–H and O–H groups in total. The number of hydrogen-bond acceptors (Lipinski definition) is 4. The number of anilines is 1. The second kappa shape index (κ2) is 8.98. The number of ether oxygens (including phenoxy) is 1. The van der Waals surface area contributed by atoms with Crippen molar-refractivity contribution in [1.82, 2.24) is 10.2 Å². The van der Waals surface area contributed by atoms with Crippen LogP contribution >= 0.6 is 11.6 Å². The number of nitrogens with zero attached hydrogens (tertiary/aromatic N) is 1. The molecule has 0 aromatic heterocycles. The third-order valence-corrected chi connectivity index (χ3v) is 5.53. The Morgan fingerprint density at radius 3 is 2.41 bits per heavy atom. The van der Waals surface area contributed by atoms with Gasteiger partial charge in [-0.3, -0.25) is 14.5 Å². The summed E-state index contributed by atoms with van der Waals surface area (Å²) in [4.78, 5) is 27.0. The third kappa shape index (κ3) is 6.39. The largest absolute Gasteiger partial charge is 0.381 e. The molecule has 1 aromatic rings. The molecule has 3 rings (SSSR count). The van der Waals surface area contributed by atoms with E-state index in [1.54, 1.807) is 0 Å². The molecule has 29 heavy (non-hydrogen) atoms. The average molecular weight is 426 g/mol. The Labute approximate surface area is 176 Å². The normalized spacial score (nSPS) is 24.8. The molecule has 6 nitrogen and oxygen atoms in total. The average Bonchev–Trinajstić information content (AvgIpc) is 2.52. The Bertz CT molecular complexity index is 734. The summed E-state index contributed by atoms with van der Waals surface area (Å²) < 4.78 is 19.2. The molecule has 8 heteroatoms. The molecule has 1 aromatic carbocycles. The SMILES string of the molecule is CC(C)(C)NC(=O)CN1C[C@H]2COC[C@@H](C1)C2CC(=O)Nc1cc(F)cc(Cl)c1. The van der Waals surface area contributed by atoms with Gasteiger partial charge in [0.05, 0.1) is 19.8 Å². The highest BCUT2D eigenvalue weighted by Gasteiger charge is 2.41. The first-order valence-electron chi connectivity index (χ1n) is 9.96. The van der Waals surface area contributed by atoms with Crippen molar-refractivity contribution >= 4 is 29.1 Å². The van der Waals surface area contributed by atoms with Crippen molar-refractivity contribution in [3.63, 3.8) is 0 Å². The molecule has 2 amide bonds. The van der Waals surface area contributed by atoms with Crippen molar-refractivity contribution < 1.29 is 18.7 Å². The molecule has 2 heterocycles. The van der Waals surface area contributed by atoms with Crippen molar-refractivity contribution in [3.05, 3.63) is 29.0 Å². The second-order valence-corrected chi connectivity index (χ2v) is 9.56. The third-order valence-electron chi connectivity index (χ3n) is 5.31. The van der Waals surface area contributed by atoms with Crippen molar-refractivity contribution in [1.29, 1.82) is 0 Å². The van der Waals surface area contributed by atoms with E-state index in [9.17, 15) is 14.0 Å². The Balaban J connectivity index is 1.57. The van der Waals surface area contributed by atoms with Crippen LogP contribution in [0.3, 0.4) is 0 Å². The summed E-state index contributed by atoms with van der Waals surface area (Å²) >= 11 is 5.85. The molecular weight excluding hydrogens is 397 g/mol. The van der Waals surface area contributed by atoms with Crippen LogP contribution in [0.4, 0.5) is 10.1 Å². The lowest BCUT2D eigenvalue weighted by Crippen LogP contribution is -2.56. The minimum absolute atomic E-state index is 0.00988. The standard InChI is InChI=1S/C21H29ClFN3O3/c1-21(2,3)25-20(28)10-26-8-13-11-29-12-14(9-26)18(13)7-19(27)24-17-5-15(22)4-16(23)6-17/h4-6,13-14,18H,7-12H2,1-3H3,(H,24,27)(H,25,28)/t13-,14+,18?. The highest BCUT2D eigenvalue weighted by atomic mass is 35.5. The number of rotatable bonds is 5. The van der Waals surface area contributed by atoms with Gasteiger partial charge in [-0.15, -0.1) is 0 Å². The molecule has 0 spiro atoms. The van der Waals surface area contributed by atoms with Crippen LogP contribution in [-0.2, 0) is 14.3 Å². The van der Waals surface area contributed by atoms with Gasteiger partial charge >= 0.3 is 0 Å². The first kappa shape index (κ1) is 22.0. The Morgan fingerprint density at radius 1 is 1.17 bits per heavy atom. The van der Waals surface area contributed by atoms with E-state index in [2.05, 4.69) is 15.5 Å². The lowest BCUT2D eigenvalue weighted by atomic mass is 9.74. The number of carbonyl (C=O) groups is 2. The lowest BCUT2D eigenvalue weighted by molar-refractivity contribution is -0.131. The van der Waals surface area contributed by atoms with Gasteiger partial charge in [0.2, 0.25) is 11.8 Å². The summed E-state index contributed by atoms with van der Waals surface area (Å²) in [7, 11) is 0. The molecule has 1 unspecified atom stereocenters. The Kier molecular flexibility index (Phi) is 6.81. The number of likely N-dealkylation sites (tertiary alicyclic amines) is 1. The minimum Gasteiger partial charge on any atom is -0.381 e. The maximum atomic E-state index is 13.5. The van der Waals surface area contributed by atoms with E-state index in [0.29, 0.717) is 31.9 Å². The molecule has 3 atom stereocenters. The van der Waals surface area contributed by atoms with Crippen LogP contribution in [0.15, 0.2) is 18.2 Å². The zero-order valence-corrected chi connectivity index (χ0v) is 17.9. The molecule has 0 radical (unpaired) electrons. The van der Waals surface area contributed by atoms with E-state index < -0.39 is 5.82 Å². The van der Waals surface area contributed by atoms with Gasteiger partial charge in [-0.05, 0) is 56.7 Å². The molecule has 0 saturated carbocycles. The first-order chi connectivity index (χ1) is 13.6. The van der Waals surface area contributed by atoms with Gasteiger partial charge < -0.3 is 15.4 Å². The highest BCUT2D eigenvalue weighted by Crippen LogP contribution is 2.35. The van der Waals surface area contributed by atoms with Crippen molar-refractivity contribution in [2.24, 2.45) is 17.8 Å². The molecule has 2 fully saturated rings. The summed E-state index contributed by atoms with van der Waals surface area (Å²) in [5.74, 6) is -0.0867. The number of nitrogens with one attached hydrogen (secondary N) is 2. The number of carbonyl (C=O) groups excluding carboxylic acids is 2. The topological polar surface area (TPSA) is 70.7 Å². The number of fused-ring (bicyclic) bond motifs is 2. The predicted molar refractivity (Wildman–Crippen MR) is 110 cm³/mol. The van der Waals surface area contributed by atoms with E-state index in [4.69, 9.17) is 16.3 Å². The van der Waals surface area contributed by atoms with E-state index in [1.165, 1.54) is 18.2 Å². The summed E-state index contributed by atoms with van der Waals surface area (Å²) in [6.07, 6.45) is 0.342. The fourth-order valence-corrected chi connectivity index (χ4v) is 4.51. The molecule has 160 valence electrons. The summed E-state index contributed by atoms with van der Waals surface area (Å²) in [6.45, 7) is 8.84. The van der Waals surface area contributed by atoms with Gasteiger partial charge in [0.1, 0.15) is 5.82 Å². The quantitative estimate of drug-likeness (QED) is 0.761. The minimum atomic E-state index is -0.486. The van der Waals surface area contributed by atoms with E-state index in [-0.39, 0.29) is 40.1 Å². The fourth-order valence-electron chi connectivity index (χ4n) is 4.29. The van der Waals surface area contributed by atoms with Crippen LogP contribution in [0.25, 0.3) is 0 Å². The number of halogens is 2. The predicted octanol–water partition coefficient (Wildman–Crippen LogP) is 2.92. The van der Waals surface area contributed by atoms with Gasteiger partial charge in [-0.2, -0.15) is 0 Å².